The van der Waals surface area contributed by atoms with Crippen LogP contribution >= 0.6 is 11.3 Å². The van der Waals surface area contributed by atoms with Gasteiger partial charge >= 0.3 is 0 Å². The van der Waals surface area contributed by atoms with Crippen molar-refractivity contribution in [2.45, 2.75) is 0 Å². The minimum absolute atomic E-state index is 0.796. The van der Waals surface area contributed by atoms with Gasteiger partial charge in [-0.25, -0.2) is 0 Å². The third-order valence-electron chi connectivity index (χ3n) is 9.52. The van der Waals surface area contributed by atoms with Crippen LogP contribution in [0.15, 0.2) is 174 Å². The van der Waals surface area contributed by atoms with E-state index in [9.17, 15) is 0 Å². The summed E-state index contributed by atoms with van der Waals surface area (Å²) in [7, 11) is 0. The first-order chi connectivity index (χ1) is 24.3. The van der Waals surface area contributed by atoms with Gasteiger partial charge in [-0.3, -0.25) is 4.98 Å². The fourth-order valence-corrected chi connectivity index (χ4v) is 8.42. The lowest BCUT2D eigenvalue weighted by atomic mass is 10.0. The first kappa shape index (κ1) is 27.8. The average molecular weight is 645 g/mol. The Morgan fingerprint density at radius 1 is 0.469 bits per heavy atom. The second-order valence-electron chi connectivity index (χ2n) is 12.4. The number of benzene rings is 7. The predicted molar refractivity (Wildman–Crippen MR) is 207 cm³/mol. The van der Waals surface area contributed by atoms with Crippen LogP contribution in [0.5, 0.6) is 0 Å². The lowest BCUT2D eigenvalue weighted by molar-refractivity contribution is 0.667. The lowest BCUT2D eigenvalue weighted by Gasteiger charge is -2.26. The van der Waals surface area contributed by atoms with Gasteiger partial charge in [0.1, 0.15) is 5.58 Å². The molecule has 7 aromatic carbocycles. The zero-order chi connectivity index (χ0) is 32.3. The Bertz CT molecular complexity index is 2810. The molecule has 3 nitrogen and oxygen atoms in total. The maximum absolute atomic E-state index is 6.22. The number of anilines is 3. The van der Waals surface area contributed by atoms with E-state index in [0.29, 0.717) is 0 Å². The Hall–Kier alpha value is -6.23. The smallest absolute Gasteiger partial charge is 0.154 e. The summed E-state index contributed by atoms with van der Waals surface area (Å²) in [6.45, 7) is 0. The van der Waals surface area contributed by atoms with Gasteiger partial charge in [-0.1, -0.05) is 109 Å². The summed E-state index contributed by atoms with van der Waals surface area (Å²) in [5, 5.41) is 5.88. The van der Waals surface area contributed by atoms with Crippen LogP contribution in [0.2, 0.25) is 0 Å². The molecule has 0 amide bonds. The molecule has 0 saturated heterocycles. The Morgan fingerprint density at radius 2 is 1.12 bits per heavy atom. The minimum Gasteiger partial charge on any atom is -0.454 e. The molecule has 49 heavy (non-hydrogen) atoms. The highest BCUT2D eigenvalue weighted by molar-refractivity contribution is 7.26. The monoisotopic (exact) mass is 644 g/mol. The number of aromatic nitrogens is 1. The Balaban J connectivity index is 1.13. The molecule has 0 aliphatic rings. The van der Waals surface area contributed by atoms with Crippen molar-refractivity contribution in [3.8, 4) is 22.3 Å². The summed E-state index contributed by atoms with van der Waals surface area (Å²) in [6, 6.07) is 58.5. The highest BCUT2D eigenvalue weighted by atomic mass is 32.1. The predicted octanol–water partition coefficient (Wildman–Crippen LogP) is 13.3. The van der Waals surface area contributed by atoms with Crippen LogP contribution in [0.3, 0.4) is 0 Å². The van der Waals surface area contributed by atoms with Crippen LogP contribution in [0.1, 0.15) is 0 Å². The van der Waals surface area contributed by atoms with Crippen molar-refractivity contribution in [2.24, 2.45) is 0 Å². The largest absolute Gasteiger partial charge is 0.454 e. The number of para-hydroxylation sites is 1. The Morgan fingerprint density at radius 3 is 1.94 bits per heavy atom. The van der Waals surface area contributed by atoms with E-state index >= 15 is 0 Å². The van der Waals surface area contributed by atoms with E-state index in [1.54, 1.807) is 0 Å². The fourth-order valence-electron chi connectivity index (χ4n) is 7.18. The van der Waals surface area contributed by atoms with Crippen molar-refractivity contribution in [1.29, 1.82) is 0 Å². The van der Waals surface area contributed by atoms with E-state index in [0.717, 1.165) is 49.9 Å². The standard InChI is InChI=1S/C45H28N2OS/c1-2-9-29(10-3-1)30-17-21-32(22-18-30)47(34-25-26-40-39(27-34)44-38-12-4-6-15-41(38)48-42(44)28-46-40)33-23-19-31(20-24-33)35-13-8-14-37-36-11-5-7-16-43(36)49-45(35)37/h1-28H. The lowest BCUT2D eigenvalue weighted by Crippen LogP contribution is -2.10. The van der Waals surface area contributed by atoms with Gasteiger partial charge in [-0.15, -0.1) is 11.3 Å². The molecular formula is C45H28N2OS. The van der Waals surface area contributed by atoms with Gasteiger partial charge < -0.3 is 9.32 Å². The number of hydrogen-bond acceptors (Lipinski definition) is 4. The van der Waals surface area contributed by atoms with E-state index in [1.807, 2.05) is 29.7 Å². The van der Waals surface area contributed by atoms with Gasteiger partial charge in [0.2, 0.25) is 0 Å². The third-order valence-corrected chi connectivity index (χ3v) is 10.7. The van der Waals surface area contributed by atoms with Crippen molar-refractivity contribution in [3.63, 3.8) is 0 Å². The summed E-state index contributed by atoms with van der Waals surface area (Å²) in [5.74, 6) is 0. The van der Waals surface area contributed by atoms with E-state index in [-0.39, 0.29) is 0 Å². The van der Waals surface area contributed by atoms with Crippen LogP contribution < -0.4 is 4.90 Å². The highest BCUT2D eigenvalue weighted by Gasteiger charge is 2.18. The number of rotatable bonds is 5. The van der Waals surface area contributed by atoms with E-state index in [2.05, 4.69) is 157 Å². The summed E-state index contributed by atoms with van der Waals surface area (Å²) in [4.78, 5) is 7.10. The first-order valence-corrected chi connectivity index (χ1v) is 17.3. The highest BCUT2D eigenvalue weighted by Crippen LogP contribution is 2.43. The first-order valence-electron chi connectivity index (χ1n) is 16.4. The number of fused-ring (bicyclic) bond motifs is 8. The topological polar surface area (TPSA) is 29.3 Å². The molecule has 0 radical (unpaired) electrons. The number of pyridine rings is 1. The molecule has 0 aliphatic heterocycles. The van der Waals surface area contributed by atoms with Gasteiger partial charge in [-0.05, 0) is 76.9 Å². The average Bonchev–Trinajstić information content (AvgIpc) is 3.75. The number of furan rings is 1. The summed E-state index contributed by atoms with van der Waals surface area (Å²) in [6.07, 6.45) is 1.84. The molecule has 0 N–H and O–H groups in total. The summed E-state index contributed by atoms with van der Waals surface area (Å²) >= 11 is 1.87. The van der Waals surface area contributed by atoms with Gasteiger partial charge in [0.25, 0.3) is 0 Å². The second-order valence-corrected chi connectivity index (χ2v) is 13.4. The van der Waals surface area contributed by atoms with Gasteiger partial charge in [-0.2, -0.15) is 0 Å². The zero-order valence-electron chi connectivity index (χ0n) is 26.4. The molecule has 0 fully saturated rings. The van der Waals surface area contributed by atoms with Crippen LogP contribution in [0.25, 0.3) is 75.3 Å². The van der Waals surface area contributed by atoms with Gasteiger partial charge in [0.15, 0.2) is 5.58 Å². The molecule has 0 atom stereocenters. The Labute approximate surface area is 286 Å². The maximum Gasteiger partial charge on any atom is 0.154 e. The van der Waals surface area contributed by atoms with Crippen molar-refractivity contribution < 1.29 is 4.42 Å². The number of thiophene rings is 1. The fraction of sp³-hybridized carbons (Fsp3) is 0. The SMILES string of the molecule is c1ccc(-c2ccc(N(c3ccc(-c4cccc5c4sc4ccccc45)cc3)c3ccc4ncc5oc6ccccc6c5c4c3)cc2)cc1. The molecule has 0 unspecified atom stereocenters. The molecule has 0 saturated carbocycles. The number of hydrogen-bond donors (Lipinski definition) is 0. The molecular weight excluding hydrogens is 617 g/mol. The molecule has 0 spiro atoms. The molecule has 3 aromatic heterocycles. The molecule has 4 heteroatoms. The molecule has 0 aliphatic carbocycles. The van der Waals surface area contributed by atoms with Gasteiger partial charge in [0, 0.05) is 53.4 Å². The van der Waals surface area contributed by atoms with Crippen LogP contribution in [-0.4, -0.2) is 4.98 Å². The Kier molecular flexibility index (Phi) is 6.36. The van der Waals surface area contributed by atoms with Crippen LogP contribution in [0.4, 0.5) is 17.1 Å². The summed E-state index contributed by atoms with van der Waals surface area (Å²) < 4.78 is 8.85. The third kappa shape index (κ3) is 4.61. The maximum atomic E-state index is 6.22. The zero-order valence-corrected chi connectivity index (χ0v) is 27.2. The van der Waals surface area contributed by atoms with Crippen molar-refractivity contribution >= 4 is 81.4 Å². The molecule has 10 aromatic rings. The van der Waals surface area contributed by atoms with Crippen molar-refractivity contribution in [3.05, 3.63) is 170 Å². The van der Waals surface area contributed by atoms with E-state index < -0.39 is 0 Å². The van der Waals surface area contributed by atoms with Crippen LogP contribution in [-0.2, 0) is 0 Å². The van der Waals surface area contributed by atoms with Gasteiger partial charge in [0.05, 0.1) is 11.7 Å². The van der Waals surface area contributed by atoms with E-state index in [1.165, 1.54) is 42.4 Å². The van der Waals surface area contributed by atoms with Crippen LogP contribution in [0, 0.1) is 0 Å². The molecule has 10 rings (SSSR count). The molecule has 0 bridgehead atoms. The van der Waals surface area contributed by atoms with Crippen molar-refractivity contribution in [1.82, 2.24) is 4.98 Å². The minimum atomic E-state index is 0.796. The van der Waals surface area contributed by atoms with E-state index in [4.69, 9.17) is 9.40 Å². The molecule has 3 heterocycles. The normalized spacial score (nSPS) is 11.7. The molecule has 230 valence electrons. The second kappa shape index (κ2) is 11.2. The number of nitrogens with zero attached hydrogens (tertiary/aromatic N) is 2. The quantitative estimate of drug-likeness (QED) is 0.187. The summed E-state index contributed by atoms with van der Waals surface area (Å²) in [5.41, 5.74) is 10.7. The van der Waals surface area contributed by atoms with Crippen molar-refractivity contribution in [2.75, 3.05) is 4.90 Å².